The molecule has 0 aliphatic rings. The maximum absolute atomic E-state index is 11.0. The van der Waals surface area contributed by atoms with Gasteiger partial charge in [0, 0.05) is 23.8 Å². The first-order chi connectivity index (χ1) is 15.5. The lowest BCUT2D eigenvalue weighted by Gasteiger charge is -2.12. The van der Waals surface area contributed by atoms with Crippen molar-refractivity contribution in [1.82, 2.24) is 24.5 Å². The van der Waals surface area contributed by atoms with E-state index in [1.807, 2.05) is 24.0 Å². The van der Waals surface area contributed by atoms with Gasteiger partial charge in [0.2, 0.25) is 0 Å². The van der Waals surface area contributed by atoms with Gasteiger partial charge in [-0.05, 0) is 41.4 Å². The Bertz CT molecular complexity index is 1060. The predicted octanol–water partition coefficient (Wildman–Crippen LogP) is 4.77. The van der Waals surface area contributed by atoms with Crippen molar-refractivity contribution in [2.24, 2.45) is 0 Å². The first kappa shape index (κ1) is 24.3. The zero-order valence-corrected chi connectivity index (χ0v) is 20.2. The molecule has 0 amide bonds. The number of imidazole rings is 1. The summed E-state index contributed by atoms with van der Waals surface area (Å²) in [5.41, 5.74) is 2.10. The Morgan fingerprint density at radius 3 is 2.81 bits per heavy atom. The van der Waals surface area contributed by atoms with E-state index in [4.69, 9.17) is 11.6 Å². The minimum Gasteiger partial charge on any atom is -0.363 e. The average molecular weight is 494 g/mol. The molecule has 0 aromatic carbocycles. The Morgan fingerprint density at radius 1 is 1.19 bits per heavy atom. The number of anilines is 1. The molecule has 0 unspecified atom stereocenters. The summed E-state index contributed by atoms with van der Waals surface area (Å²) < 4.78 is 1.66. The van der Waals surface area contributed by atoms with Gasteiger partial charge in [-0.2, -0.15) is 11.8 Å². The number of nitrogens with zero attached hydrogens (tertiary/aromatic N) is 6. The highest BCUT2D eigenvalue weighted by molar-refractivity contribution is 8.00. The molecule has 0 bridgehead atoms. The number of nitrogens with one attached hydrogen (secondary N) is 1. The van der Waals surface area contributed by atoms with E-state index in [0.717, 1.165) is 34.9 Å². The third kappa shape index (κ3) is 6.57. The second-order valence-electron chi connectivity index (χ2n) is 6.84. The van der Waals surface area contributed by atoms with Crippen molar-refractivity contribution in [3.05, 3.63) is 63.2 Å². The molecular formula is C20H24ClN7O2S2. The van der Waals surface area contributed by atoms with Crippen LogP contribution in [-0.2, 0) is 13.1 Å². The van der Waals surface area contributed by atoms with Gasteiger partial charge in [0.1, 0.15) is 29.9 Å². The number of rotatable bonds is 12. The molecule has 3 rings (SSSR count). The van der Waals surface area contributed by atoms with Crippen molar-refractivity contribution in [3.63, 3.8) is 0 Å². The average Bonchev–Trinajstić information content (AvgIpc) is 3.15. The smallest absolute Gasteiger partial charge is 0.342 e. The summed E-state index contributed by atoms with van der Waals surface area (Å²) >= 11 is 9.70. The molecule has 3 aromatic rings. The van der Waals surface area contributed by atoms with Gasteiger partial charge in [-0.1, -0.05) is 11.6 Å². The molecular weight excluding hydrogens is 470 g/mol. The minimum absolute atomic E-state index is 0.0547. The Balaban J connectivity index is 1.40. The minimum atomic E-state index is -0.385. The van der Waals surface area contributed by atoms with Crippen molar-refractivity contribution < 1.29 is 4.92 Å². The maximum atomic E-state index is 11.0. The maximum Gasteiger partial charge on any atom is 0.342 e. The highest BCUT2D eigenvalue weighted by Crippen LogP contribution is 2.26. The van der Waals surface area contributed by atoms with Crippen molar-refractivity contribution in [2.75, 3.05) is 22.6 Å². The molecule has 3 heterocycles. The number of hydrogen-bond acceptors (Lipinski definition) is 9. The number of halogens is 1. The number of nitro groups is 1. The summed E-state index contributed by atoms with van der Waals surface area (Å²) in [4.78, 5) is 28.4. The van der Waals surface area contributed by atoms with Crippen LogP contribution in [0.1, 0.15) is 23.5 Å². The number of thioether (sulfide) groups is 2. The van der Waals surface area contributed by atoms with E-state index >= 15 is 0 Å². The molecule has 3 aromatic heterocycles. The molecule has 0 radical (unpaired) electrons. The van der Waals surface area contributed by atoms with Gasteiger partial charge >= 0.3 is 5.82 Å². The third-order valence-electron chi connectivity index (χ3n) is 4.72. The van der Waals surface area contributed by atoms with E-state index in [1.54, 1.807) is 29.4 Å². The highest BCUT2D eigenvalue weighted by Gasteiger charge is 2.16. The SMILES string of the molecule is Cc1c(SCCCSCCn2c([N+](=O)[O-])cnc2C)ccnc1CNc1ncncc1Cl. The van der Waals surface area contributed by atoms with Crippen LogP contribution in [0.5, 0.6) is 0 Å². The standard InChI is InChI=1S/C20H24ClN7O2S2/c1-14-17(11-25-20-16(21)10-22-13-26-20)23-5-4-18(14)32-8-3-7-31-9-6-27-15(2)24-12-19(27)28(29)30/h4-5,10,12-13H,3,6-9,11H2,1-2H3,(H,22,25,26). The molecule has 1 N–H and O–H groups in total. The molecule has 0 fully saturated rings. The van der Waals surface area contributed by atoms with Crippen LogP contribution >= 0.6 is 35.1 Å². The molecule has 0 saturated carbocycles. The van der Waals surface area contributed by atoms with E-state index < -0.39 is 0 Å². The number of pyridine rings is 1. The van der Waals surface area contributed by atoms with E-state index in [0.29, 0.717) is 29.8 Å². The van der Waals surface area contributed by atoms with Crippen LogP contribution in [0, 0.1) is 24.0 Å². The van der Waals surface area contributed by atoms with Crippen LogP contribution in [0.25, 0.3) is 0 Å². The van der Waals surface area contributed by atoms with Crippen LogP contribution in [0.3, 0.4) is 0 Å². The van der Waals surface area contributed by atoms with E-state index in [-0.39, 0.29) is 10.7 Å². The molecule has 0 aliphatic carbocycles. The second-order valence-corrected chi connectivity index (χ2v) is 9.61. The Morgan fingerprint density at radius 2 is 2.03 bits per heavy atom. The predicted molar refractivity (Wildman–Crippen MR) is 130 cm³/mol. The lowest BCUT2D eigenvalue weighted by atomic mass is 10.2. The molecule has 12 heteroatoms. The van der Waals surface area contributed by atoms with Crippen LogP contribution in [-0.4, -0.2) is 46.7 Å². The molecule has 0 saturated heterocycles. The fourth-order valence-corrected chi connectivity index (χ4v) is 5.20. The number of aryl methyl sites for hydroxylation is 1. The van der Waals surface area contributed by atoms with Crippen LogP contribution in [0.15, 0.2) is 35.9 Å². The fourth-order valence-electron chi connectivity index (χ4n) is 2.98. The summed E-state index contributed by atoms with van der Waals surface area (Å²) in [7, 11) is 0. The Labute approximate surface area is 200 Å². The molecule has 0 spiro atoms. The molecule has 170 valence electrons. The van der Waals surface area contributed by atoms with Gasteiger partial charge in [0.05, 0.1) is 18.4 Å². The third-order valence-corrected chi connectivity index (χ3v) is 7.29. The molecule has 32 heavy (non-hydrogen) atoms. The van der Waals surface area contributed by atoms with Gasteiger partial charge in [-0.3, -0.25) is 4.98 Å². The van der Waals surface area contributed by atoms with Crippen molar-refractivity contribution in [1.29, 1.82) is 0 Å². The van der Waals surface area contributed by atoms with Gasteiger partial charge < -0.3 is 15.4 Å². The van der Waals surface area contributed by atoms with Crippen LogP contribution in [0.4, 0.5) is 11.6 Å². The second kappa shape index (κ2) is 12.0. The fraction of sp³-hybridized carbons (Fsp3) is 0.400. The van der Waals surface area contributed by atoms with Gasteiger partial charge in [-0.15, -0.1) is 11.8 Å². The molecule has 0 atom stereocenters. The molecule has 9 nitrogen and oxygen atoms in total. The van der Waals surface area contributed by atoms with E-state index in [2.05, 4.69) is 32.2 Å². The summed E-state index contributed by atoms with van der Waals surface area (Å²) in [6, 6.07) is 2.04. The Hall–Kier alpha value is -2.37. The summed E-state index contributed by atoms with van der Waals surface area (Å²) in [6.07, 6.45) is 7.20. The van der Waals surface area contributed by atoms with Crippen molar-refractivity contribution in [3.8, 4) is 0 Å². The summed E-state index contributed by atoms with van der Waals surface area (Å²) in [6.45, 7) is 4.99. The summed E-state index contributed by atoms with van der Waals surface area (Å²) in [5, 5.41) is 14.7. The van der Waals surface area contributed by atoms with Gasteiger partial charge in [-0.25, -0.2) is 19.5 Å². The zero-order chi connectivity index (χ0) is 22.9. The van der Waals surface area contributed by atoms with Crippen molar-refractivity contribution >= 4 is 46.8 Å². The lowest BCUT2D eigenvalue weighted by molar-refractivity contribution is -0.392. The van der Waals surface area contributed by atoms with Crippen LogP contribution in [0.2, 0.25) is 5.02 Å². The normalized spacial score (nSPS) is 11.0. The van der Waals surface area contributed by atoms with E-state index in [1.165, 1.54) is 17.4 Å². The largest absolute Gasteiger partial charge is 0.363 e. The monoisotopic (exact) mass is 493 g/mol. The topological polar surface area (TPSA) is 112 Å². The number of aromatic nitrogens is 5. The first-order valence-electron chi connectivity index (χ1n) is 9.98. The van der Waals surface area contributed by atoms with Crippen molar-refractivity contribution in [2.45, 2.75) is 38.3 Å². The van der Waals surface area contributed by atoms with E-state index in [9.17, 15) is 10.1 Å². The lowest BCUT2D eigenvalue weighted by Crippen LogP contribution is -2.07. The van der Waals surface area contributed by atoms with Crippen LogP contribution < -0.4 is 5.32 Å². The quantitative estimate of drug-likeness (QED) is 0.165. The van der Waals surface area contributed by atoms with Gasteiger partial charge in [0.15, 0.2) is 5.82 Å². The summed E-state index contributed by atoms with van der Waals surface area (Å²) in [5.74, 6) is 4.13. The number of hydrogen-bond donors (Lipinski definition) is 1. The zero-order valence-electron chi connectivity index (χ0n) is 17.8. The van der Waals surface area contributed by atoms with Gasteiger partial charge in [0.25, 0.3) is 0 Å². The molecule has 0 aliphatic heterocycles. The highest BCUT2D eigenvalue weighted by atomic mass is 35.5. The first-order valence-corrected chi connectivity index (χ1v) is 12.5. The Kier molecular flexibility index (Phi) is 9.12.